The third-order valence-electron chi connectivity index (χ3n) is 2.59. The van der Waals surface area contributed by atoms with Gasteiger partial charge in [-0.15, -0.1) is 0 Å². The molecule has 2 rings (SSSR count). The van der Waals surface area contributed by atoms with Crippen molar-refractivity contribution in [1.82, 2.24) is 0 Å². The largest absolute Gasteiger partial charge is 0.398 e. The zero-order chi connectivity index (χ0) is 9.59. The van der Waals surface area contributed by atoms with Crippen molar-refractivity contribution in [2.75, 3.05) is 11.5 Å². The van der Waals surface area contributed by atoms with Crippen LogP contribution in [0, 0.1) is 0 Å². The number of fused-ring (bicyclic) bond motifs is 1. The van der Waals surface area contributed by atoms with Crippen LogP contribution in [0.1, 0.15) is 17.2 Å². The molecule has 1 aromatic carbocycles. The molecule has 4 heteroatoms. The van der Waals surface area contributed by atoms with Gasteiger partial charge in [-0.1, -0.05) is 0 Å². The smallest absolute Gasteiger partial charge is 0.0774 e. The normalized spacial score (nSPS) is 26.0. The summed E-state index contributed by atoms with van der Waals surface area (Å²) in [4.78, 5) is 0. The van der Waals surface area contributed by atoms with Crippen molar-refractivity contribution < 1.29 is 5.11 Å². The first kappa shape index (κ1) is 8.34. The van der Waals surface area contributed by atoms with Crippen LogP contribution in [0.2, 0.25) is 0 Å². The minimum atomic E-state index is -0.554. The predicted octanol–water partition coefficient (Wildman–Crippen LogP) is -0.232. The fourth-order valence-corrected chi connectivity index (χ4v) is 1.85. The maximum Gasteiger partial charge on any atom is 0.0774 e. The van der Waals surface area contributed by atoms with E-state index in [9.17, 15) is 5.11 Å². The molecular formula is C9H13N3O. The van der Waals surface area contributed by atoms with E-state index < -0.39 is 12.1 Å². The summed E-state index contributed by atoms with van der Waals surface area (Å²) >= 11 is 0. The Bertz CT molecular complexity index is 351. The van der Waals surface area contributed by atoms with Gasteiger partial charge in [-0.3, -0.25) is 0 Å². The van der Waals surface area contributed by atoms with Gasteiger partial charge in [0.2, 0.25) is 0 Å². The Balaban J connectivity index is 2.61. The maximum absolute atomic E-state index is 9.53. The Morgan fingerprint density at radius 2 is 1.85 bits per heavy atom. The Hall–Kier alpha value is -1.26. The van der Waals surface area contributed by atoms with Crippen molar-refractivity contribution in [2.24, 2.45) is 5.73 Å². The van der Waals surface area contributed by atoms with Crippen molar-refractivity contribution in [2.45, 2.75) is 18.6 Å². The molecule has 0 heterocycles. The number of benzene rings is 1. The molecule has 0 saturated carbocycles. The molecule has 0 aliphatic heterocycles. The van der Waals surface area contributed by atoms with Gasteiger partial charge in [-0.25, -0.2) is 0 Å². The monoisotopic (exact) mass is 179 g/mol. The summed E-state index contributed by atoms with van der Waals surface area (Å²) in [6.45, 7) is 0. The fraction of sp³-hybridized carbons (Fsp3) is 0.333. The summed E-state index contributed by atoms with van der Waals surface area (Å²) in [6, 6.07) is 3.09. The number of aliphatic hydroxyl groups is 1. The molecule has 0 fully saturated rings. The number of hydrogen-bond acceptors (Lipinski definition) is 4. The van der Waals surface area contributed by atoms with Gasteiger partial charge in [0.05, 0.1) is 12.1 Å². The molecule has 0 aromatic heterocycles. The van der Waals surface area contributed by atoms with Gasteiger partial charge in [0, 0.05) is 17.8 Å². The van der Waals surface area contributed by atoms with Crippen LogP contribution in [0.15, 0.2) is 12.1 Å². The molecule has 0 spiro atoms. The lowest BCUT2D eigenvalue weighted by molar-refractivity contribution is 0.159. The molecule has 2 atom stereocenters. The minimum Gasteiger partial charge on any atom is -0.398 e. The van der Waals surface area contributed by atoms with Crippen LogP contribution < -0.4 is 17.2 Å². The molecular weight excluding hydrogens is 166 g/mol. The number of anilines is 2. The van der Waals surface area contributed by atoms with E-state index in [4.69, 9.17) is 17.2 Å². The van der Waals surface area contributed by atoms with Crippen LogP contribution in [0.3, 0.4) is 0 Å². The second kappa shape index (κ2) is 2.61. The predicted molar refractivity (Wildman–Crippen MR) is 51.9 cm³/mol. The molecule has 1 aliphatic rings. The van der Waals surface area contributed by atoms with Gasteiger partial charge in [0.15, 0.2) is 0 Å². The van der Waals surface area contributed by atoms with Crippen molar-refractivity contribution >= 4 is 11.4 Å². The number of nitrogens with two attached hydrogens (primary N) is 3. The van der Waals surface area contributed by atoms with Gasteiger partial charge in [0.1, 0.15) is 0 Å². The molecule has 0 radical (unpaired) electrons. The van der Waals surface area contributed by atoms with Crippen LogP contribution in [0.4, 0.5) is 11.4 Å². The summed E-state index contributed by atoms with van der Waals surface area (Å²) in [5, 5.41) is 9.53. The third kappa shape index (κ3) is 1.07. The Morgan fingerprint density at radius 1 is 1.23 bits per heavy atom. The fourth-order valence-electron chi connectivity index (χ4n) is 1.85. The lowest BCUT2D eigenvalue weighted by atomic mass is 10.0. The van der Waals surface area contributed by atoms with Crippen LogP contribution in [0.25, 0.3) is 0 Å². The highest BCUT2D eigenvalue weighted by molar-refractivity contribution is 5.65. The highest BCUT2D eigenvalue weighted by Crippen LogP contribution is 2.37. The SMILES string of the molecule is Nc1ccc(N)c2c1C[C@@H](O)[C@H]2N. The zero-order valence-corrected chi connectivity index (χ0v) is 7.20. The van der Waals surface area contributed by atoms with Gasteiger partial charge < -0.3 is 22.3 Å². The van der Waals surface area contributed by atoms with E-state index >= 15 is 0 Å². The van der Waals surface area contributed by atoms with E-state index in [1.165, 1.54) is 0 Å². The standard InChI is InChI=1S/C9H13N3O/c10-5-1-2-6(11)8-4(5)3-7(13)9(8)12/h1-2,7,9,13H,3,10-12H2/t7-,9-/m1/s1. The van der Waals surface area contributed by atoms with E-state index in [1.54, 1.807) is 12.1 Å². The first-order chi connectivity index (χ1) is 6.11. The Kier molecular flexibility index (Phi) is 1.68. The van der Waals surface area contributed by atoms with Crippen LogP contribution >= 0.6 is 0 Å². The molecule has 13 heavy (non-hydrogen) atoms. The summed E-state index contributed by atoms with van der Waals surface area (Å²) in [5.41, 5.74) is 20.3. The average Bonchev–Trinajstić information content (AvgIpc) is 2.38. The highest BCUT2D eigenvalue weighted by atomic mass is 16.3. The molecule has 0 unspecified atom stereocenters. The lowest BCUT2D eigenvalue weighted by Gasteiger charge is -2.11. The molecule has 1 aromatic rings. The summed E-state index contributed by atoms with van der Waals surface area (Å²) < 4.78 is 0. The highest BCUT2D eigenvalue weighted by Gasteiger charge is 2.31. The number of rotatable bonds is 0. The Morgan fingerprint density at radius 3 is 2.46 bits per heavy atom. The molecule has 70 valence electrons. The molecule has 1 aliphatic carbocycles. The first-order valence-electron chi connectivity index (χ1n) is 4.21. The summed E-state index contributed by atoms with van der Waals surface area (Å²) in [6.07, 6.45) is -0.0464. The summed E-state index contributed by atoms with van der Waals surface area (Å²) in [7, 11) is 0. The Labute approximate surface area is 76.3 Å². The van der Waals surface area contributed by atoms with Crippen molar-refractivity contribution in [1.29, 1.82) is 0 Å². The third-order valence-corrected chi connectivity index (χ3v) is 2.59. The second-order valence-corrected chi connectivity index (χ2v) is 3.43. The van der Waals surface area contributed by atoms with Crippen LogP contribution in [-0.4, -0.2) is 11.2 Å². The topological polar surface area (TPSA) is 98.3 Å². The van der Waals surface area contributed by atoms with Crippen LogP contribution in [0.5, 0.6) is 0 Å². The molecule has 7 N–H and O–H groups in total. The number of aliphatic hydroxyl groups excluding tert-OH is 1. The van der Waals surface area contributed by atoms with E-state index in [0.29, 0.717) is 17.8 Å². The summed E-state index contributed by atoms with van der Waals surface area (Å²) in [5.74, 6) is 0. The number of hydrogen-bond donors (Lipinski definition) is 4. The minimum absolute atomic E-state index is 0.390. The van der Waals surface area contributed by atoms with Gasteiger partial charge in [-0.05, 0) is 23.3 Å². The van der Waals surface area contributed by atoms with Gasteiger partial charge >= 0.3 is 0 Å². The second-order valence-electron chi connectivity index (χ2n) is 3.43. The molecule has 0 saturated heterocycles. The number of nitrogen functional groups attached to an aromatic ring is 2. The molecule has 0 amide bonds. The van der Waals surface area contributed by atoms with E-state index in [-0.39, 0.29) is 0 Å². The molecule has 0 bridgehead atoms. The molecule has 4 nitrogen and oxygen atoms in total. The van der Waals surface area contributed by atoms with E-state index in [1.807, 2.05) is 0 Å². The first-order valence-corrected chi connectivity index (χ1v) is 4.21. The van der Waals surface area contributed by atoms with E-state index in [0.717, 1.165) is 11.1 Å². The van der Waals surface area contributed by atoms with Crippen molar-refractivity contribution in [3.63, 3.8) is 0 Å². The van der Waals surface area contributed by atoms with Gasteiger partial charge in [-0.2, -0.15) is 0 Å². The van der Waals surface area contributed by atoms with E-state index in [2.05, 4.69) is 0 Å². The van der Waals surface area contributed by atoms with Crippen LogP contribution in [-0.2, 0) is 6.42 Å². The van der Waals surface area contributed by atoms with Gasteiger partial charge in [0.25, 0.3) is 0 Å². The quantitative estimate of drug-likeness (QED) is 0.413. The zero-order valence-electron chi connectivity index (χ0n) is 7.20. The van der Waals surface area contributed by atoms with Crippen molar-refractivity contribution in [3.05, 3.63) is 23.3 Å². The lowest BCUT2D eigenvalue weighted by Crippen LogP contribution is -2.21. The van der Waals surface area contributed by atoms with Crippen molar-refractivity contribution in [3.8, 4) is 0 Å². The maximum atomic E-state index is 9.53. The average molecular weight is 179 g/mol.